The largest absolute Gasteiger partial charge is 0.383 e. The topological polar surface area (TPSA) is 110 Å². The van der Waals surface area contributed by atoms with Gasteiger partial charge in [-0.1, -0.05) is 11.3 Å². The number of ether oxygens (including phenoxy) is 1. The highest BCUT2D eigenvalue weighted by Gasteiger charge is 2.20. The summed E-state index contributed by atoms with van der Waals surface area (Å²) >= 11 is 3.68. The normalized spacial score (nSPS) is 11.7. The number of halogens is 3. The van der Waals surface area contributed by atoms with Crippen molar-refractivity contribution in [1.82, 2.24) is 14.9 Å². The molecule has 0 radical (unpaired) electrons. The molecule has 0 atom stereocenters. The molecule has 8 nitrogen and oxygen atoms in total. The minimum Gasteiger partial charge on any atom is -0.383 e. The van der Waals surface area contributed by atoms with E-state index in [1.54, 1.807) is 0 Å². The molecule has 0 saturated carbocycles. The number of nitrogens with one attached hydrogen (secondary N) is 2. The van der Waals surface area contributed by atoms with Gasteiger partial charge < -0.3 is 4.74 Å². The molecule has 0 unspecified atom stereocenters. The molecule has 0 fully saturated rings. The van der Waals surface area contributed by atoms with Gasteiger partial charge in [0.15, 0.2) is 5.01 Å². The molecule has 2 N–H and O–H groups in total. The molecular weight excluding hydrogens is 458 g/mol. The quantitative estimate of drug-likeness (QED) is 0.573. The summed E-state index contributed by atoms with van der Waals surface area (Å²) in [5.74, 6) is -0.720. The number of rotatable bonds is 8. The first-order valence-electron chi connectivity index (χ1n) is 6.95. The third-order valence-corrected chi connectivity index (χ3v) is 5.94. The number of methoxy groups -OCH3 is 1. The second-order valence-electron chi connectivity index (χ2n) is 4.73. The number of carbonyl (C=O) groups excluding carboxylic acids is 1. The summed E-state index contributed by atoms with van der Waals surface area (Å²) in [6, 6.07) is 3.87. The van der Waals surface area contributed by atoms with Gasteiger partial charge in [0.05, 0.1) is 17.1 Å². The molecule has 0 aliphatic heterocycles. The molecule has 13 heteroatoms. The molecule has 2 aromatic rings. The van der Waals surface area contributed by atoms with Crippen molar-refractivity contribution in [3.05, 3.63) is 33.2 Å². The van der Waals surface area contributed by atoms with Gasteiger partial charge in [-0.15, -0.1) is 10.2 Å². The fraction of sp³-hybridized carbons (Fsp3) is 0.308. The van der Waals surface area contributed by atoms with Gasteiger partial charge >= 0.3 is 0 Å². The molecule has 0 aliphatic rings. The maximum Gasteiger partial charge on any atom is 0.291 e. The van der Waals surface area contributed by atoms with Crippen molar-refractivity contribution in [1.29, 1.82) is 0 Å². The van der Waals surface area contributed by atoms with E-state index in [-0.39, 0.29) is 28.7 Å². The van der Waals surface area contributed by atoms with Crippen LogP contribution >= 0.6 is 27.3 Å². The lowest BCUT2D eigenvalue weighted by molar-refractivity contribution is 0.102. The summed E-state index contributed by atoms with van der Waals surface area (Å²) in [5.41, 5.74) is -0.00610. The van der Waals surface area contributed by atoms with E-state index in [4.69, 9.17) is 4.74 Å². The monoisotopic (exact) mass is 470 g/mol. The van der Waals surface area contributed by atoms with Crippen LogP contribution in [0.4, 0.5) is 13.9 Å². The molecule has 0 spiro atoms. The average molecular weight is 471 g/mol. The first-order chi connectivity index (χ1) is 12.2. The molecule has 1 aromatic heterocycles. The molecule has 1 heterocycles. The first-order valence-corrected chi connectivity index (χ1v) is 10.0. The number of benzene rings is 1. The number of nitrogens with zero attached hydrogens (tertiary/aromatic N) is 2. The fourth-order valence-corrected chi connectivity index (χ4v) is 3.80. The van der Waals surface area contributed by atoms with Crippen molar-refractivity contribution in [2.45, 2.75) is 11.3 Å². The van der Waals surface area contributed by atoms with Crippen LogP contribution < -0.4 is 10.0 Å². The van der Waals surface area contributed by atoms with Crippen molar-refractivity contribution in [3.63, 3.8) is 0 Å². The van der Waals surface area contributed by atoms with Gasteiger partial charge in [0.1, 0.15) is 0 Å². The number of hydrogen-bond acceptors (Lipinski definition) is 7. The highest BCUT2D eigenvalue weighted by atomic mass is 79.9. The van der Waals surface area contributed by atoms with E-state index in [0.29, 0.717) is 15.8 Å². The second-order valence-corrected chi connectivity index (χ2v) is 8.36. The maximum absolute atomic E-state index is 12.5. The van der Waals surface area contributed by atoms with Gasteiger partial charge in [0.25, 0.3) is 12.3 Å². The zero-order valence-electron chi connectivity index (χ0n) is 13.2. The van der Waals surface area contributed by atoms with Crippen molar-refractivity contribution >= 4 is 48.3 Å². The Kier molecular flexibility index (Phi) is 7.11. The second kappa shape index (κ2) is 8.90. The Bertz CT molecular complexity index is 892. The average Bonchev–Trinajstić information content (AvgIpc) is 3.04. The predicted octanol–water partition coefficient (Wildman–Crippen LogP) is 2.42. The Morgan fingerprint density at radius 2 is 2.12 bits per heavy atom. The van der Waals surface area contributed by atoms with Gasteiger partial charge in [-0.05, 0) is 34.1 Å². The van der Waals surface area contributed by atoms with Crippen LogP contribution in [0.2, 0.25) is 0 Å². The fourth-order valence-electron chi connectivity index (χ4n) is 1.74. The van der Waals surface area contributed by atoms with Crippen molar-refractivity contribution in [3.8, 4) is 0 Å². The van der Waals surface area contributed by atoms with E-state index >= 15 is 0 Å². The minimum atomic E-state index is -3.84. The van der Waals surface area contributed by atoms with Crippen LogP contribution in [0, 0.1) is 0 Å². The number of alkyl halides is 2. The van der Waals surface area contributed by atoms with Gasteiger partial charge in [-0.3, -0.25) is 10.1 Å². The van der Waals surface area contributed by atoms with E-state index in [2.05, 4.69) is 36.2 Å². The lowest BCUT2D eigenvalue weighted by atomic mass is 10.2. The molecule has 0 bridgehead atoms. The van der Waals surface area contributed by atoms with Crippen molar-refractivity contribution < 1.29 is 26.7 Å². The number of anilines is 1. The van der Waals surface area contributed by atoms with E-state index in [1.165, 1.54) is 19.2 Å². The lowest BCUT2D eigenvalue weighted by Gasteiger charge is -2.09. The van der Waals surface area contributed by atoms with Crippen LogP contribution in [0.5, 0.6) is 0 Å². The van der Waals surface area contributed by atoms with Gasteiger partial charge in [0.2, 0.25) is 15.2 Å². The molecule has 2 rings (SSSR count). The molecule has 1 amide bonds. The van der Waals surface area contributed by atoms with Gasteiger partial charge in [-0.25, -0.2) is 21.9 Å². The van der Waals surface area contributed by atoms with Crippen molar-refractivity contribution in [2.24, 2.45) is 0 Å². The summed E-state index contributed by atoms with van der Waals surface area (Å²) in [6.45, 7) is 0.254. The molecular formula is C13H13BrF2N4O4S2. The van der Waals surface area contributed by atoms with Crippen LogP contribution in [0.15, 0.2) is 27.6 Å². The zero-order valence-corrected chi connectivity index (χ0v) is 16.4. The standard InChI is InChI=1S/C13H13BrF2N4O4S2/c1-24-5-4-17-26(22,23)7-2-3-9(14)8(6-7)11(21)18-13-20-19-12(25-13)10(15)16/h2-3,6,10,17H,4-5H2,1H3,(H,18,20,21). The van der Waals surface area contributed by atoms with Crippen LogP contribution in [0.3, 0.4) is 0 Å². The van der Waals surface area contributed by atoms with Crippen LogP contribution in [0.25, 0.3) is 0 Å². The molecule has 26 heavy (non-hydrogen) atoms. The lowest BCUT2D eigenvalue weighted by Crippen LogP contribution is -2.27. The Hall–Kier alpha value is -1.54. The molecule has 1 aromatic carbocycles. The van der Waals surface area contributed by atoms with Gasteiger partial charge in [0, 0.05) is 18.1 Å². The summed E-state index contributed by atoms with van der Waals surface area (Å²) in [5, 5.41) is 8.37. The van der Waals surface area contributed by atoms with Crippen LogP contribution in [0.1, 0.15) is 21.8 Å². The highest BCUT2D eigenvalue weighted by Crippen LogP contribution is 2.27. The number of aromatic nitrogens is 2. The summed E-state index contributed by atoms with van der Waals surface area (Å²) in [7, 11) is -2.41. The summed E-state index contributed by atoms with van der Waals surface area (Å²) in [4.78, 5) is 12.2. The Labute approximate surface area is 160 Å². The third-order valence-electron chi connectivity index (χ3n) is 2.94. The Morgan fingerprint density at radius 1 is 1.38 bits per heavy atom. The number of hydrogen-bond donors (Lipinski definition) is 2. The van der Waals surface area contributed by atoms with Crippen LogP contribution in [-0.2, 0) is 14.8 Å². The Balaban J connectivity index is 2.21. The summed E-state index contributed by atoms with van der Waals surface area (Å²) < 4.78 is 56.9. The predicted molar refractivity (Wildman–Crippen MR) is 94.0 cm³/mol. The van der Waals surface area contributed by atoms with Crippen molar-refractivity contribution in [2.75, 3.05) is 25.6 Å². The van der Waals surface area contributed by atoms with Gasteiger partial charge in [-0.2, -0.15) is 0 Å². The molecule has 0 saturated heterocycles. The number of amides is 1. The first kappa shape index (κ1) is 20.8. The highest BCUT2D eigenvalue weighted by molar-refractivity contribution is 9.10. The van der Waals surface area contributed by atoms with E-state index in [0.717, 1.165) is 6.07 Å². The number of carbonyl (C=O) groups is 1. The molecule has 0 aliphatic carbocycles. The summed E-state index contributed by atoms with van der Waals surface area (Å²) in [6.07, 6.45) is -2.79. The smallest absolute Gasteiger partial charge is 0.291 e. The minimum absolute atomic E-state index is 0.00610. The Morgan fingerprint density at radius 3 is 2.73 bits per heavy atom. The maximum atomic E-state index is 12.5. The van der Waals surface area contributed by atoms with Crippen LogP contribution in [-0.4, -0.2) is 44.8 Å². The van der Waals surface area contributed by atoms with E-state index in [9.17, 15) is 22.0 Å². The molecule has 142 valence electrons. The van der Waals surface area contributed by atoms with E-state index in [1.807, 2.05) is 0 Å². The van der Waals surface area contributed by atoms with E-state index < -0.39 is 27.4 Å². The SMILES string of the molecule is COCCNS(=O)(=O)c1ccc(Br)c(C(=O)Nc2nnc(C(F)F)s2)c1. The third kappa shape index (κ3) is 5.23. The zero-order chi connectivity index (χ0) is 19.3. The number of sulfonamides is 1.